The molecule has 0 fully saturated rings. The lowest BCUT2D eigenvalue weighted by molar-refractivity contribution is -0.384. The number of nitro groups is 1. The van der Waals surface area contributed by atoms with Gasteiger partial charge in [0.15, 0.2) is 6.61 Å². The minimum atomic E-state index is -0.519. The quantitative estimate of drug-likeness (QED) is 0.676. The van der Waals surface area contributed by atoms with Crippen molar-refractivity contribution in [2.45, 2.75) is 20.8 Å². The van der Waals surface area contributed by atoms with Gasteiger partial charge in [0.1, 0.15) is 11.4 Å². The highest BCUT2D eigenvalue weighted by Crippen LogP contribution is 2.26. The van der Waals surface area contributed by atoms with E-state index in [0.29, 0.717) is 5.75 Å². The maximum atomic E-state index is 12.0. The van der Waals surface area contributed by atoms with E-state index in [9.17, 15) is 14.9 Å². The van der Waals surface area contributed by atoms with Gasteiger partial charge in [-0.15, -0.1) is 0 Å². The lowest BCUT2D eigenvalue weighted by Gasteiger charge is -2.12. The van der Waals surface area contributed by atoms with E-state index in [1.807, 2.05) is 32.0 Å². The fraction of sp³-hybridized carbons (Fsp3) is 0.235. The van der Waals surface area contributed by atoms with Crippen LogP contribution in [0.2, 0.25) is 0 Å². The summed E-state index contributed by atoms with van der Waals surface area (Å²) >= 11 is 0. The zero-order valence-electron chi connectivity index (χ0n) is 13.3. The number of nitrogens with one attached hydrogen (secondary N) is 1. The maximum Gasteiger partial charge on any atom is 0.293 e. The van der Waals surface area contributed by atoms with Crippen LogP contribution in [0.25, 0.3) is 0 Å². The van der Waals surface area contributed by atoms with Crippen LogP contribution in [0.15, 0.2) is 36.4 Å². The number of ether oxygens (including phenoxy) is 1. The first kappa shape index (κ1) is 16.5. The van der Waals surface area contributed by atoms with E-state index in [0.717, 1.165) is 16.7 Å². The summed E-state index contributed by atoms with van der Waals surface area (Å²) in [4.78, 5) is 22.5. The third-order valence-electron chi connectivity index (χ3n) is 3.38. The Balaban J connectivity index is 2.07. The monoisotopic (exact) mass is 314 g/mol. The van der Waals surface area contributed by atoms with Crippen molar-refractivity contribution < 1.29 is 14.5 Å². The molecular formula is C17H18N2O4. The molecule has 2 rings (SSSR count). The van der Waals surface area contributed by atoms with Crippen LogP contribution in [-0.4, -0.2) is 17.4 Å². The third-order valence-corrected chi connectivity index (χ3v) is 3.38. The smallest absolute Gasteiger partial charge is 0.293 e. The lowest BCUT2D eigenvalue weighted by atomic mass is 10.1. The standard InChI is InChI=1S/C17H18N2O4/c1-11-7-8-14(15(9-11)19(21)22)18-16(20)10-23-17-12(2)5-4-6-13(17)3/h4-9H,10H2,1-3H3,(H,18,20). The van der Waals surface area contributed by atoms with Gasteiger partial charge >= 0.3 is 0 Å². The summed E-state index contributed by atoms with van der Waals surface area (Å²) in [5, 5.41) is 13.6. The number of para-hydroxylation sites is 1. The number of hydrogen-bond acceptors (Lipinski definition) is 4. The zero-order valence-corrected chi connectivity index (χ0v) is 13.3. The molecule has 0 saturated heterocycles. The van der Waals surface area contributed by atoms with Crippen molar-refractivity contribution >= 4 is 17.3 Å². The first-order valence-corrected chi connectivity index (χ1v) is 7.12. The highest BCUT2D eigenvalue weighted by molar-refractivity contribution is 5.94. The fourth-order valence-electron chi connectivity index (χ4n) is 2.25. The molecule has 0 atom stereocenters. The highest BCUT2D eigenvalue weighted by Gasteiger charge is 2.16. The van der Waals surface area contributed by atoms with Crippen molar-refractivity contribution in [2.24, 2.45) is 0 Å². The average molecular weight is 314 g/mol. The van der Waals surface area contributed by atoms with Gasteiger partial charge in [0.05, 0.1) is 4.92 Å². The van der Waals surface area contributed by atoms with Gasteiger partial charge in [-0.05, 0) is 43.5 Å². The van der Waals surface area contributed by atoms with Crippen LogP contribution in [-0.2, 0) is 4.79 Å². The number of carbonyl (C=O) groups excluding carboxylic acids is 1. The normalized spacial score (nSPS) is 10.2. The minimum Gasteiger partial charge on any atom is -0.483 e. The van der Waals surface area contributed by atoms with E-state index < -0.39 is 10.8 Å². The molecule has 0 radical (unpaired) electrons. The van der Waals surface area contributed by atoms with Gasteiger partial charge in [-0.25, -0.2) is 0 Å². The predicted octanol–water partition coefficient (Wildman–Crippen LogP) is 3.54. The van der Waals surface area contributed by atoms with Crippen molar-refractivity contribution in [1.29, 1.82) is 0 Å². The van der Waals surface area contributed by atoms with Crippen LogP contribution in [0.1, 0.15) is 16.7 Å². The van der Waals surface area contributed by atoms with E-state index in [1.54, 1.807) is 13.0 Å². The summed E-state index contributed by atoms with van der Waals surface area (Å²) in [6.45, 7) is 5.33. The van der Waals surface area contributed by atoms with Crippen molar-refractivity contribution in [3.8, 4) is 5.75 Å². The molecule has 2 aromatic rings. The Kier molecular flexibility index (Phi) is 4.95. The van der Waals surface area contributed by atoms with E-state index in [1.165, 1.54) is 12.1 Å². The molecule has 0 aromatic heterocycles. The second kappa shape index (κ2) is 6.91. The Hall–Kier alpha value is -2.89. The molecule has 0 aliphatic heterocycles. The molecule has 1 N–H and O–H groups in total. The predicted molar refractivity (Wildman–Crippen MR) is 87.9 cm³/mol. The number of rotatable bonds is 5. The first-order valence-electron chi connectivity index (χ1n) is 7.12. The summed E-state index contributed by atoms with van der Waals surface area (Å²) in [5.74, 6) is 0.209. The Morgan fingerprint density at radius 1 is 1.17 bits per heavy atom. The second-order valence-corrected chi connectivity index (χ2v) is 5.34. The molecule has 0 bridgehead atoms. The maximum absolute atomic E-state index is 12.0. The van der Waals surface area contributed by atoms with Gasteiger partial charge in [0.2, 0.25) is 0 Å². The van der Waals surface area contributed by atoms with E-state index >= 15 is 0 Å². The lowest BCUT2D eigenvalue weighted by Crippen LogP contribution is -2.21. The average Bonchev–Trinajstić information content (AvgIpc) is 2.48. The Morgan fingerprint density at radius 3 is 2.43 bits per heavy atom. The number of benzene rings is 2. The summed E-state index contributed by atoms with van der Waals surface area (Å²) in [6.07, 6.45) is 0. The number of aryl methyl sites for hydroxylation is 3. The minimum absolute atomic E-state index is 0.134. The molecule has 0 heterocycles. The van der Waals surface area contributed by atoms with Crippen LogP contribution in [0, 0.1) is 30.9 Å². The van der Waals surface area contributed by atoms with Crippen molar-refractivity contribution in [1.82, 2.24) is 0 Å². The van der Waals surface area contributed by atoms with Gasteiger partial charge in [-0.1, -0.05) is 24.3 Å². The Labute approximate surface area is 134 Å². The largest absolute Gasteiger partial charge is 0.483 e. The number of anilines is 1. The van der Waals surface area contributed by atoms with E-state index in [2.05, 4.69) is 5.32 Å². The Morgan fingerprint density at radius 2 is 1.83 bits per heavy atom. The summed E-state index contributed by atoms with van der Waals surface area (Å²) in [7, 11) is 0. The molecule has 120 valence electrons. The molecule has 2 aromatic carbocycles. The summed E-state index contributed by atoms with van der Waals surface area (Å²) in [6, 6.07) is 10.3. The molecular weight excluding hydrogens is 296 g/mol. The van der Waals surface area contributed by atoms with Crippen molar-refractivity contribution in [2.75, 3.05) is 11.9 Å². The van der Waals surface area contributed by atoms with E-state index in [4.69, 9.17) is 4.74 Å². The molecule has 0 unspecified atom stereocenters. The van der Waals surface area contributed by atoms with Crippen LogP contribution >= 0.6 is 0 Å². The second-order valence-electron chi connectivity index (χ2n) is 5.34. The zero-order chi connectivity index (χ0) is 17.0. The van der Waals surface area contributed by atoms with Gasteiger partial charge in [0, 0.05) is 6.07 Å². The molecule has 1 amide bonds. The molecule has 0 saturated carbocycles. The SMILES string of the molecule is Cc1ccc(NC(=O)COc2c(C)cccc2C)c([N+](=O)[O-])c1. The number of carbonyl (C=O) groups is 1. The van der Waals surface area contributed by atoms with Crippen LogP contribution in [0.3, 0.4) is 0 Å². The molecule has 23 heavy (non-hydrogen) atoms. The van der Waals surface area contributed by atoms with Gasteiger partial charge < -0.3 is 10.1 Å². The number of nitrogens with zero attached hydrogens (tertiary/aromatic N) is 1. The first-order chi connectivity index (χ1) is 10.9. The van der Waals surface area contributed by atoms with Crippen molar-refractivity contribution in [3.05, 3.63) is 63.2 Å². The van der Waals surface area contributed by atoms with E-state index in [-0.39, 0.29) is 18.0 Å². The molecule has 0 spiro atoms. The third kappa shape index (κ3) is 4.06. The molecule has 6 nitrogen and oxygen atoms in total. The highest BCUT2D eigenvalue weighted by atomic mass is 16.6. The summed E-state index contributed by atoms with van der Waals surface area (Å²) in [5.41, 5.74) is 2.64. The van der Waals surface area contributed by atoms with Gasteiger partial charge in [-0.2, -0.15) is 0 Å². The van der Waals surface area contributed by atoms with Gasteiger partial charge in [0.25, 0.3) is 11.6 Å². The number of nitro benzene ring substituents is 1. The number of amides is 1. The number of hydrogen-bond donors (Lipinski definition) is 1. The van der Waals surface area contributed by atoms with Crippen LogP contribution < -0.4 is 10.1 Å². The van der Waals surface area contributed by atoms with Gasteiger partial charge in [-0.3, -0.25) is 14.9 Å². The molecule has 0 aliphatic carbocycles. The fourth-order valence-corrected chi connectivity index (χ4v) is 2.25. The van der Waals surface area contributed by atoms with Crippen LogP contribution in [0.5, 0.6) is 5.75 Å². The van der Waals surface area contributed by atoms with Crippen molar-refractivity contribution in [3.63, 3.8) is 0 Å². The Bertz CT molecular complexity index is 736. The summed E-state index contributed by atoms with van der Waals surface area (Å²) < 4.78 is 5.54. The molecule has 0 aliphatic rings. The van der Waals surface area contributed by atoms with Crippen LogP contribution in [0.4, 0.5) is 11.4 Å². The molecule has 6 heteroatoms. The topological polar surface area (TPSA) is 81.5 Å².